The summed E-state index contributed by atoms with van der Waals surface area (Å²) in [5.74, 6) is -0.310. The first kappa shape index (κ1) is 12.4. The van der Waals surface area contributed by atoms with E-state index in [9.17, 15) is 9.90 Å². The third-order valence-corrected chi connectivity index (χ3v) is 2.49. The minimum atomic E-state index is -1.19. The normalized spacial score (nSPS) is 15.5. The van der Waals surface area contributed by atoms with Crippen molar-refractivity contribution in [1.82, 2.24) is 5.32 Å². The predicted molar refractivity (Wildman–Crippen MR) is 53.4 cm³/mol. The van der Waals surface area contributed by atoms with Gasteiger partial charge in [-0.05, 0) is 12.3 Å². The molecule has 0 heterocycles. The molecule has 1 amide bonds. The van der Waals surface area contributed by atoms with Crippen molar-refractivity contribution < 1.29 is 9.90 Å². The first-order chi connectivity index (χ1) is 5.99. The van der Waals surface area contributed by atoms with Crippen molar-refractivity contribution in [1.29, 1.82) is 0 Å². The van der Waals surface area contributed by atoms with E-state index in [2.05, 4.69) is 5.32 Å². The van der Waals surface area contributed by atoms with Crippen molar-refractivity contribution in [2.45, 2.75) is 45.6 Å². The molecule has 0 bridgehead atoms. The number of aliphatic hydroxyl groups is 1. The number of carbonyl (C=O) groups is 1. The van der Waals surface area contributed by atoms with E-state index in [1.165, 1.54) is 0 Å². The van der Waals surface area contributed by atoms with Gasteiger partial charge < -0.3 is 10.4 Å². The summed E-state index contributed by atoms with van der Waals surface area (Å²) in [5.41, 5.74) is -1.19. The third kappa shape index (κ3) is 2.99. The van der Waals surface area contributed by atoms with E-state index in [1.807, 2.05) is 20.8 Å². The fraction of sp³-hybridized carbons (Fsp3) is 0.900. The van der Waals surface area contributed by atoms with Crippen molar-refractivity contribution in [2.24, 2.45) is 5.92 Å². The number of nitrogens with one attached hydrogen (secondary N) is 1. The van der Waals surface area contributed by atoms with E-state index in [0.29, 0.717) is 6.42 Å². The molecule has 0 aliphatic rings. The highest BCUT2D eigenvalue weighted by Crippen LogP contribution is 2.23. The topological polar surface area (TPSA) is 49.3 Å². The van der Waals surface area contributed by atoms with Gasteiger partial charge in [0.1, 0.15) is 5.60 Å². The number of hydrogen-bond donors (Lipinski definition) is 2. The molecule has 0 aromatic heterocycles. The molecule has 0 fully saturated rings. The van der Waals surface area contributed by atoms with Gasteiger partial charge in [0.25, 0.3) is 5.91 Å². The second-order valence-electron chi connectivity index (χ2n) is 3.76. The van der Waals surface area contributed by atoms with E-state index in [-0.39, 0.29) is 11.8 Å². The Hall–Kier alpha value is -0.570. The number of hydrogen-bond acceptors (Lipinski definition) is 2. The Morgan fingerprint density at radius 3 is 2.38 bits per heavy atom. The molecule has 0 aromatic rings. The van der Waals surface area contributed by atoms with Crippen LogP contribution in [0.15, 0.2) is 0 Å². The van der Waals surface area contributed by atoms with Crippen LogP contribution in [0.2, 0.25) is 0 Å². The van der Waals surface area contributed by atoms with Crippen LogP contribution in [0.4, 0.5) is 0 Å². The van der Waals surface area contributed by atoms with E-state index in [1.54, 1.807) is 7.05 Å². The number of amides is 1. The van der Waals surface area contributed by atoms with Gasteiger partial charge in [0, 0.05) is 7.05 Å². The van der Waals surface area contributed by atoms with Gasteiger partial charge >= 0.3 is 0 Å². The number of carbonyl (C=O) groups excluding carboxylic acids is 1. The summed E-state index contributed by atoms with van der Waals surface area (Å²) in [7, 11) is 1.56. The molecule has 3 nitrogen and oxygen atoms in total. The maximum Gasteiger partial charge on any atom is 0.251 e. The molecule has 0 saturated heterocycles. The van der Waals surface area contributed by atoms with Gasteiger partial charge in [-0.1, -0.05) is 33.6 Å². The Morgan fingerprint density at radius 1 is 1.54 bits per heavy atom. The van der Waals surface area contributed by atoms with Crippen LogP contribution >= 0.6 is 0 Å². The lowest BCUT2D eigenvalue weighted by Gasteiger charge is -2.30. The van der Waals surface area contributed by atoms with Gasteiger partial charge in [-0.2, -0.15) is 0 Å². The van der Waals surface area contributed by atoms with Gasteiger partial charge in [0.05, 0.1) is 0 Å². The summed E-state index contributed by atoms with van der Waals surface area (Å²) >= 11 is 0. The van der Waals surface area contributed by atoms with Gasteiger partial charge in [-0.3, -0.25) is 4.79 Å². The van der Waals surface area contributed by atoms with Crippen molar-refractivity contribution >= 4 is 5.91 Å². The molecule has 1 atom stereocenters. The number of unbranched alkanes of at least 4 members (excludes halogenated alkanes) is 1. The smallest absolute Gasteiger partial charge is 0.251 e. The maximum atomic E-state index is 11.4. The van der Waals surface area contributed by atoms with Gasteiger partial charge in [0.2, 0.25) is 0 Å². The molecule has 1 unspecified atom stereocenters. The standard InChI is InChI=1S/C10H21NO2/c1-5-6-7-10(13,8(2)3)9(12)11-4/h8,13H,5-7H2,1-4H3,(H,11,12). The molecule has 0 aromatic carbocycles. The molecule has 0 spiro atoms. The van der Waals surface area contributed by atoms with Crippen LogP contribution in [0, 0.1) is 5.92 Å². The van der Waals surface area contributed by atoms with E-state index in [0.717, 1.165) is 12.8 Å². The molecular formula is C10H21NO2. The lowest BCUT2D eigenvalue weighted by Crippen LogP contribution is -2.49. The minimum Gasteiger partial charge on any atom is -0.380 e. The second-order valence-corrected chi connectivity index (χ2v) is 3.76. The highest BCUT2D eigenvalue weighted by atomic mass is 16.3. The van der Waals surface area contributed by atoms with Crippen molar-refractivity contribution in [3.63, 3.8) is 0 Å². The van der Waals surface area contributed by atoms with Gasteiger partial charge in [0.15, 0.2) is 0 Å². The fourth-order valence-corrected chi connectivity index (χ4v) is 1.33. The first-order valence-electron chi connectivity index (χ1n) is 4.93. The van der Waals surface area contributed by atoms with Crippen molar-refractivity contribution in [3.8, 4) is 0 Å². The molecule has 78 valence electrons. The summed E-state index contributed by atoms with van der Waals surface area (Å²) in [6.07, 6.45) is 2.41. The van der Waals surface area contributed by atoms with Crippen molar-refractivity contribution in [2.75, 3.05) is 7.05 Å². The Labute approximate surface area is 80.5 Å². The Morgan fingerprint density at radius 2 is 2.08 bits per heavy atom. The molecule has 13 heavy (non-hydrogen) atoms. The molecule has 0 aliphatic heterocycles. The lowest BCUT2D eigenvalue weighted by molar-refractivity contribution is -0.145. The summed E-state index contributed by atoms with van der Waals surface area (Å²) in [6, 6.07) is 0. The zero-order valence-electron chi connectivity index (χ0n) is 9.05. The number of likely N-dealkylation sites (N-methyl/N-ethyl adjacent to an activating group) is 1. The summed E-state index contributed by atoms with van der Waals surface area (Å²) in [4.78, 5) is 11.4. The average Bonchev–Trinajstić information content (AvgIpc) is 2.12. The van der Waals surface area contributed by atoms with Crippen LogP contribution in [0.3, 0.4) is 0 Å². The van der Waals surface area contributed by atoms with E-state index < -0.39 is 5.60 Å². The summed E-state index contributed by atoms with van der Waals surface area (Å²) in [5, 5.41) is 12.6. The van der Waals surface area contributed by atoms with Crippen LogP contribution in [0.25, 0.3) is 0 Å². The van der Waals surface area contributed by atoms with Crippen LogP contribution in [-0.2, 0) is 4.79 Å². The quantitative estimate of drug-likeness (QED) is 0.681. The molecule has 0 saturated carbocycles. The van der Waals surface area contributed by atoms with Crippen LogP contribution in [-0.4, -0.2) is 23.7 Å². The highest BCUT2D eigenvalue weighted by Gasteiger charge is 2.37. The predicted octanol–water partition coefficient (Wildman–Crippen LogP) is 1.31. The average molecular weight is 187 g/mol. The van der Waals surface area contributed by atoms with Gasteiger partial charge in [-0.15, -0.1) is 0 Å². The molecule has 3 heteroatoms. The summed E-state index contributed by atoms with van der Waals surface area (Å²) < 4.78 is 0. The zero-order valence-corrected chi connectivity index (χ0v) is 9.05. The molecular weight excluding hydrogens is 166 g/mol. The Kier molecular flexibility index (Phi) is 4.99. The zero-order chi connectivity index (χ0) is 10.5. The second kappa shape index (κ2) is 5.22. The van der Waals surface area contributed by atoms with Crippen LogP contribution < -0.4 is 5.32 Å². The molecule has 0 rings (SSSR count). The minimum absolute atomic E-state index is 0.0426. The molecule has 0 radical (unpaired) electrons. The lowest BCUT2D eigenvalue weighted by atomic mass is 9.84. The van der Waals surface area contributed by atoms with Crippen molar-refractivity contribution in [3.05, 3.63) is 0 Å². The van der Waals surface area contributed by atoms with Crippen LogP contribution in [0.1, 0.15) is 40.0 Å². The highest BCUT2D eigenvalue weighted by molar-refractivity contribution is 5.84. The molecule has 2 N–H and O–H groups in total. The van der Waals surface area contributed by atoms with E-state index in [4.69, 9.17) is 0 Å². The van der Waals surface area contributed by atoms with E-state index >= 15 is 0 Å². The van der Waals surface area contributed by atoms with Gasteiger partial charge in [-0.25, -0.2) is 0 Å². The summed E-state index contributed by atoms with van der Waals surface area (Å²) in [6.45, 7) is 5.78. The number of rotatable bonds is 5. The Balaban J connectivity index is 4.43. The monoisotopic (exact) mass is 187 g/mol. The van der Waals surface area contributed by atoms with Crippen LogP contribution in [0.5, 0.6) is 0 Å². The SMILES string of the molecule is CCCCC(O)(C(=O)NC)C(C)C. The maximum absolute atomic E-state index is 11.4. The Bertz CT molecular complexity index is 168. The molecule has 0 aliphatic carbocycles. The third-order valence-electron chi connectivity index (χ3n) is 2.49. The first-order valence-corrected chi connectivity index (χ1v) is 4.93. The largest absolute Gasteiger partial charge is 0.380 e. The fourth-order valence-electron chi connectivity index (χ4n) is 1.33.